The van der Waals surface area contributed by atoms with E-state index in [9.17, 15) is 14.4 Å². The van der Waals surface area contributed by atoms with E-state index in [1.807, 2.05) is 24.3 Å². The molecule has 1 saturated carbocycles. The molecule has 3 atom stereocenters. The number of hydrogen-bond acceptors (Lipinski definition) is 4. The first-order chi connectivity index (χ1) is 15.9. The van der Waals surface area contributed by atoms with Crippen molar-refractivity contribution >= 4 is 18.0 Å². The summed E-state index contributed by atoms with van der Waals surface area (Å²) >= 11 is 0. The lowest BCUT2D eigenvalue weighted by Crippen LogP contribution is -2.36. The first-order valence-corrected chi connectivity index (χ1v) is 11.5. The summed E-state index contributed by atoms with van der Waals surface area (Å²) in [6.07, 6.45) is 2.17. The smallest absolute Gasteiger partial charge is 0.407 e. The molecule has 33 heavy (non-hydrogen) atoms. The van der Waals surface area contributed by atoms with Crippen LogP contribution >= 0.6 is 0 Å². The number of carbonyl (C=O) groups excluding carboxylic acids is 2. The predicted molar refractivity (Wildman–Crippen MR) is 124 cm³/mol. The summed E-state index contributed by atoms with van der Waals surface area (Å²) in [6, 6.07) is 16.0. The first-order valence-electron chi connectivity index (χ1n) is 11.5. The predicted octanol–water partition coefficient (Wildman–Crippen LogP) is 4.06. The number of fused-ring (bicyclic) bond motifs is 3. The normalized spacial score (nSPS) is 19.9. The van der Waals surface area contributed by atoms with E-state index in [4.69, 9.17) is 9.84 Å². The molecule has 0 bridgehead atoms. The first kappa shape index (κ1) is 22.8. The summed E-state index contributed by atoms with van der Waals surface area (Å²) < 4.78 is 5.62. The van der Waals surface area contributed by atoms with E-state index in [2.05, 4.69) is 34.9 Å². The minimum absolute atomic E-state index is 0.0186. The Morgan fingerprint density at radius 1 is 1.03 bits per heavy atom. The van der Waals surface area contributed by atoms with Gasteiger partial charge in [0.2, 0.25) is 5.91 Å². The number of carbonyl (C=O) groups is 3. The van der Waals surface area contributed by atoms with Crippen LogP contribution in [0.2, 0.25) is 0 Å². The molecule has 3 N–H and O–H groups in total. The fraction of sp³-hybridized carbons (Fsp3) is 0.423. The molecule has 0 unspecified atom stereocenters. The van der Waals surface area contributed by atoms with Gasteiger partial charge in [-0.2, -0.15) is 0 Å². The summed E-state index contributed by atoms with van der Waals surface area (Å²) in [5.74, 6) is -0.886. The number of hydrogen-bond donors (Lipinski definition) is 3. The van der Waals surface area contributed by atoms with E-state index in [0.29, 0.717) is 12.8 Å². The second-order valence-electron chi connectivity index (χ2n) is 9.12. The van der Waals surface area contributed by atoms with Gasteiger partial charge in [0.1, 0.15) is 6.61 Å². The maximum absolute atomic E-state index is 12.5. The maximum atomic E-state index is 12.5. The minimum atomic E-state index is -0.934. The van der Waals surface area contributed by atoms with Gasteiger partial charge in [-0.3, -0.25) is 9.59 Å². The maximum Gasteiger partial charge on any atom is 0.407 e. The molecule has 0 spiro atoms. The van der Waals surface area contributed by atoms with E-state index < -0.39 is 18.1 Å². The van der Waals surface area contributed by atoms with Gasteiger partial charge in [0.05, 0.1) is 6.42 Å². The number of amides is 2. The molecule has 0 radical (unpaired) electrons. The summed E-state index contributed by atoms with van der Waals surface area (Å²) in [4.78, 5) is 35.4. The Hall–Kier alpha value is -3.35. The number of alkyl carbamates (subject to hydrolysis) is 1. The zero-order valence-corrected chi connectivity index (χ0v) is 18.8. The number of carboxylic acid groups (broad SMARTS) is 1. The molecular formula is C26H30N2O5. The Bertz CT molecular complexity index is 991. The lowest BCUT2D eigenvalue weighted by molar-refractivity contribution is -0.137. The molecule has 0 heterocycles. The molecule has 2 aromatic carbocycles. The Kier molecular flexibility index (Phi) is 6.96. The highest BCUT2D eigenvalue weighted by Gasteiger charge is 2.31. The van der Waals surface area contributed by atoms with Crippen LogP contribution < -0.4 is 10.6 Å². The molecule has 7 nitrogen and oxygen atoms in total. The molecule has 0 saturated heterocycles. The van der Waals surface area contributed by atoms with Crippen LogP contribution in [0.25, 0.3) is 11.1 Å². The number of aliphatic carboxylic acids is 1. The van der Waals surface area contributed by atoms with Crippen LogP contribution in [0.4, 0.5) is 4.79 Å². The lowest BCUT2D eigenvalue weighted by atomic mass is 9.98. The van der Waals surface area contributed by atoms with E-state index in [1.165, 1.54) is 22.3 Å². The number of nitrogens with one attached hydrogen (secondary N) is 2. The monoisotopic (exact) mass is 450 g/mol. The number of benzene rings is 2. The van der Waals surface area contributed by atoms with Crippen molar-refractivity contribution < 1.29 is 24.2 Å². The quantitative estimate of drug-likeness (QED) is 0.563. The van der Waals surface area contributed by atoms with E-state index in [1.54, 1.807) is 6.92 Å². The lowest BCUT2D eigenvalue weighted by Gasteiger charge is -2.17. The summed E-state index contributed by atoms with van der Waals surface area (Å²) in [5.41, 5.74) is 4.74. The molecule has 2 amide bonds. The topological polar surface area (TPSA) is 105 Å². The molecule has 174 valence electrons. The standard InChI is InChI=1S/C26H30N2O5/c1-16(12-25(30)31)27-24(29)14-17-10-11-18(13-17)28-26(32)33-15-23-21-8-4-2-6-19(21)20-7-3-5-9-22(20)23/h2-9,16-18,23H,10-15H2,1H3,(H,27,29)(H,28,32)(H,30,31)/t16-,17-,18+/m0/s1. The van der Waals surface area contributed by atoms with Crippen LogP contribution in [0.5, 0.6) is 0 Å². The third-order valence-corrected chi connectivity index (χ3v) is 6.57. The molecular weight excluding hydrogens is 420 g/mol. The van der Waals surface area contributed by atoms with Gasteiger partial charge in [-0.25, -0.2) is 4.79 Å². The van der Waals surface area contributed by atoms with Crippen molar-refractivity contribution in [2.45, 2.75) is 57.0 Å². The number of rotatable bonds is 8. The summed E-state index contributed by atoms with van der Waals surface area (Å²) in [7, 11) is 0. The highest BCUT2D eigenvalue weighted by Crippen LogP contribution is 2.44. The van der Waals surface area contributed by atoms with Crippen molar-refractivity contribution in [3.8, 4) is 11.1 Å². The van der Waals surface area contributed by atoms with Crippen molar-refractivity contribution in [2.75, 3.05) is 6.61 Å². The van der Waals surface area contributed by atoms with Gasteiger partial charge in [0.25, 0.3) is 0 Å². The van der Waals surface area contributed by atoms with Gasteiger partial charge in [-0.1, -0.05) is 48.5 Å². The summed E-state index contributed by atoms with van der Waals surface area (Å²) in [6.45, 7) is 1.96. The fourth-order valence-corrected chi connectivity index (χ4v) is 5.11. The number of ether oxygens (including phenoxy) is 1. The van der Waals surface area contributed by atoms with Crippen molar-refractivity contribution in [2.24, 2.45) is 5.92 Å². The Morgan fingerprint density at radius 2 is 1.67 bits per heavy atom. The van der Waals surface area contributed by atoms with Crippen LogP contribution in [-0.4, -0.2) is 41.8 Å². The second kappa shape index (κ2) is 10.1. The van der Waals surface area contributed by atoms with Crippen LogP contribution in [0, 0.1) is 5.92 Å². The summed E-state index contributed by atoms with van der Waals surface area (Å²) in [5, 5.41) is 14.5. The van der Waals surface area contributed by atoms with Crippen LogP contribution in [0.1, 0.15) is 56.1 Å². The van der Waals surface area contributed by atoms with Crippen LogP contribution in [-0.2, 0) is 14.3 Å². The second-order valence-corrected chi connectivity index (χ2v) is 9.12. The molecule has 1 fully saturated rings. The van der Waals surface area contributed by atoms with E-state index in [-0.39, 0.29) is 36.8 Å². The average molecular weight is 451 g/mol. The Balaban J connectivity index is 1.24. The van der Waals surface area contributed by atoms with Crippen molar-refractivity contribution in [1.82, 2.24) is 10.6 Å². The molecule has 0 aliphatic heterocycles. The van der Waals surface area contributed by atoms with Crippen molar-refractivity contribution in [3.63, 3.8) is 0 Å². The third-order valence-electron chi connectivity index (χ3n) is 6.57. The number of carboxylic acids is 1. The van der Waals surface area contributed by atoms with Gasteiger partial charge in [0.15, 0.2) is 0 Å². The van der Waals surface area contributed by atoms with Crippen LogP contribution in [0.3, 0.4) is 0 Å². The van der Waals surface area contributed by atoms with Gasteiger partial charge >= 0.3 is 12.1 Å². The van der Waals surface area contributed by atoms with Gasteiger partial charge in [-0.15, -0.1) is 0 Å². The van der Waals surface area contributed by atoms with Crippen LogP contribution in [0.15, 0.2) is 48.5 Å². The van der Waals surface area contributed by atoms with E-state index >= 15 is 0 Å². The molecule has 2 aliphatic carbocycles. The SMILES string of the molecule is C[C@@H](CC(=O)O)NC(=O)C[C@H]1CC[C@@H](NC(=O)OCC2c3ccccc3-c3ccccc32)C1. The highest BCUT2D eigenvalue weighted by molar-refractivity contribution is 5.79. The van der Waals surface area contributed by atoms with Gasteiger partial charge < -0.3 is 20.5 Å². The molecule has 2 aromatic rings. The molecule has 2 aliphatic rings. The zero-order chi connectivity index (χ0) is 23.4. The highest BCUT2D eigenvalue weighted by atomic mass is 16.5. The van der Waals surface area contributed by atoms with Gasteiger partial charge in [0, 0.05) is 24.4 Å². The zero-order valence-electron chi connectivity index (χ0n) is 18.8. The van der Waals surface area contributed by atoms with E-state index in [0.717, 1.165) is 12.8 Å². The average Bonchev–Trinajstić information content (AvgIpc) is 3.33. The third kappa shape index (κ3) is 5.53. The molecule has 7 heteroatoms. The van der Waals surface area contributed by atoms with Gasteiger partial charge in [-0.05, 0) is 54.4 Å². The van der Waals surface area contributed by atoms with Crippen molar-refractivity contribution in [1.29, 1.82) is 0 Å². The van der Waals surface area contributed by atoms with Crippen molar-refractivity contribution in [3.05, 3.63) is 59.7 Å². The largest absolute Gasteiger partial charge is 0.481 e. The Morgan fingerprint density at radius 3 is 2.30 bits per heavy atom. The Labute approximate surface area is 193 Å². The molecule has 4 rings (SSSR count). The fourth-order valence-electron chi connectivity index (χ4n) is 5.11. The minimum Gasteiger partial charge on any atom is -0.481 e. The molecule has 0 aromatic heterocycles.